The number of aryl methyl sites for hydroxylation is 1. The van der Waals surface area contributed by atoms with E-state index in [2.05, 4.69) is 51.6 Å². The highest BCUT2D eigenvalue weighted by atomic mass is 35.5. The summed E-state index contributed by atoms with van der Waals surface area (Å²) in [6.45, 7) is 9.46. The third-order valence-corrected chi connectivity index (χ3v) is 5.31. The van der Waals surface area contributed by atoms with Crippen LogP contribution in [0.5, 0.6) is 0 Å². The third kappa shape index (κ3) is 8.75. The van der Waals surface area contributed by atoms with Crippen LogP contribution >= 0.6 is 37.2 Å². The van der Waals surface area contributed by atoms with Gasteiger partial charge in [-0.2, -0.15) is 0 Å². The van der Waals surface area contributed by atoms with Gasteiger partial charge in [0.05, 0.1) is 0 Å². The smallest absolute Gasteiger partial charge is 0.221 e. The molecule has 0 bridgehead atoms. The molecule has 162 valence electrons. The molecule has 5 nitrogen and oxygen atoms in total. The van der Waals surface area contributed by atoms with Gasteiger partial charge in [0, 0.05) is 50.9 Å². The minimum Gasteiger partial charge on any atom is -0.369 e. The number of nitrogens with zero attached hydrogens (tertiary/aromatic N) is 2. The van der Waals surface area contributed by atoms with Crippen LogP contribution in [0.1, 0.15) is 31.2 Å². The van der Waals surface area contributed by atoms with E-state index in [-0.39, 0.29) is 43.1 Å². The average Bonchev–Trinajstić information content (AvgIpc) is 3.12. The molecule has 1 amide bonds. The van der Waals surface area contributed by atoms with E-state index in [0.29, 0.717) is 12.5 Å². The second-order valence-electron chi connectivity index (χ2n) is 7.37. The maximum atomic E-state index is 11.9. The maximum Gasteiger partial charge on any atom is 0.221 e. The van der Waals surface area contributed by atoms with E-state index >= 15 is 0 Å². The van der Waals surface area contributed by atoms with Crippen molar-refractivity contribution >= 4 is 48.8 Å². The molecule has 1 aromatic rings. The van der Waals surface area contributed by atoms with Gasteiger partial charge in [-0.3, -0.25) is 9.69 Å². The average molecular weight is 454 g/mol. The Hall–Kier alpha value is -0.720. The van der Waals surface area contributed by atoms with Crippen LogP contribution in [0.2, 0.25) is 0 Å². The molecule has 2 N–H and O–H groups in total. The summed E-state index contributed by atoms with van der Waals surface area (Å²) in [5.41, 5.74) is 2.66. The van der Waals surface area contributed by atoms with Crippen molar-refractivity contribution in [1.82, 2.24) is 15.5 Å². The van der Waals surface area contributed by atoms with E-state index < -0.39 is 0 Å². The van der Waals surface area contributed by atoms with Crippen molar-refractivity contribution in [3.05, 3.63) is 29.8 Å². The number of rotatable bonds is 7. The Balaban J connectivity index is 0.00000243. The van der Waals surface area contributed by atoms with Gasteiger partial charge in [0.2, 0.25) is 5.91 Å². The summed E-state index contributed by atoms with van der Waals surface area (Å²) >= 11 is 0. The number of hydrogen-bond acceptors (Lipinski definition) is 4. The topological polar surface area (TPSA) is 47.6 Å². The van der Waals surface area contributed by atoms with Crippen LogP contribution in [-0.2, 0) is 4.79 Å². The van der Waals surface area contributed by atoms with Crippen molar-refractivity contribution in [2.24, 2.45) is 0 Å². The van der Waals surface area contributed by atoms with Gasteiger partial charge in [0.15, 0.2) is 0 Å². The zero-order valence-electron chi connectivity index (χ0n) is 16.7. The zero-order chi connectivity index (χ0) is 17.5. The molecule has 0 spiro atoms. The highest BCUT2D eigenvalue weighted by molar-refractivity contribution is 5.86. The molecular formula is C20H35Cl3N4O. The van der Waals surface area contributed by atoms with Gasteiger partial charge in [0.1, 0.15) is 0 Å². The van der Waals surface area contributed by atoms with E-state index in [1.165, 1.54) is 17.7 Å². The number of halogens is 3. The molecule has 2 saturated heterocycles. The number of carbonyl (C=O) groups excluding carboxylic acids is 1. The number of piperazine rings is 1. The standard InChI is InChI=1S/C20H32N4O.3ClH/c1-17-5-2-7-19(15-17)24-13-11-23(12-14-24)10-4-9-22-20(25)16-18-6-3-8-21-18;;;/h2,5,7,15,18,21H,3-4,6,8-14,16H2,1H3,(H,22,25);3*1H. The molecule has 28 heavy (non-hydrogen) atoms. The number of benzene rings is 1. The lowest BCUT2D eigenvalue weighted by atomic mass is 10.1. The van der Waals surface area contributed by atoms with Gasteiger partial charge in [-0.05, 0) is 57.0 Å². The third-order valence-electron chi connectivity index (χ3n) is 5.31. The second-order valence-corrected chi connectivity index (χ2v) is 7.37. The van der Waals surface area contributed by atoms with E-state index in [0.717, 1.165) is 58.7 Å². The van der Waals surface area contributed by atoms with Crippen molar-refractivity contribution in [3.63, 3.8) is 0 Å². The van der Waals surface area contributed by atoms with Crippen LogP contribution in [0.4, 0.5) is 5.69 Å². The maximum absolute atomic E-state index is 11.9. The monoisotopic (exact) mass is 452 g/mol. The van der Waals surface area contributed by atoms with Crippen LogP contribution in [0, 0.1) is 6.92 Å². The molecule has 1 aromatic carbocycles. The summed E-state index contributed by atoms with van der Waals surface area (Å²) in [5.74, 6) is 0.198. The molecule has 8 heteroatoms. The summed E-state index contributed by atoms with van der Waals surface area (Å²) in [5, 5.41) is 6.45. The molecule has 0 saturated carbocycles. The Labute approximate surface area is 188 Å². The highest BCUT2D eigenvalue weighted by Gasteiger charge is 2.18. The van der Waals surface area contributed by atoms with Crippen LogP contribution in [0.3, 0.4) is 0 Å². The number of nitrogens with one attached hydrogen (secondary N) is 2. The molecule has 0 aliphatic carbocycles. The lowest BCUT2D eigenvalue weighted by molar-refractivity contribution is -0.121. The van der Waals surface area contributed by atoms with Crippen LogP contribution in [-0.4, -0.2) is 62.7 Å². The van der Waals surface area contributed by atoms with Gasteiger partial charge in [-0.25, -0.2) is 0 Å². The SMILES string of the molecule is Cc1cccc(N2CCN(CCCNC(=O)CC3CCCN3)CC2)c1.Cl.Cl.Cl. The number of carbonyl (C=O) groups is 1. The van der Waals surface area contributed by atoms with Crippen molar-refractivity contribution in [3.8, 4) is 0 Å². The normalized spacial score (nSPS) is 19.2. The summed E-state index contributed by atoms with van der Waals surface area (Å²) in [6, 6.07) is 9.16. The fourth-order valence-electron chi connectivity index (χ4n) is 3.81. The quantitative estimate of drug-likeness (QED) is 0.623. The Bertz CT molecular complexity index is 562. The molecule has 2 aliphatic rings. The fraction of sp³-hybridized carbons (Fsp3) is 0.650. The number of amides is 1. The molecule has 0 radical (unpaired) electrons. The first kappa shape index (κ1) is 27.3. The largest absolute Gasteiger partial charge is 0.369 e. The summed E-state index contributed by atoms with van der Waals surface area (Å²) in [7, 11) is 0. The Kier molecular flexibility index (Phi) is 13.9. The second kappa shape index (κ2) is 14.3. The van der Waals surface area contributed by atoms with E-state index in [9.17, 15) is 4.79 Å². The Morgan fingerprint density at radius 1 is 1.18 bits per heavy atom. The first-order chi connectivity index (χ1) is 12.2. The predicted octanol–water partition coefficient (Wildman–Crippen LogP) is 3.03. The van der Waals surface area contributed by atoms with E-state index in [4.69, 9.17) is 0 Å². The van der Waals surface area contributed by atoms with Gasteiger partial charge in [-0.15, -0.1) is 37.2 Å². The number of anilines is 1. The van der Waals surface area contributed by atoms with E-state index in [1.54, 1.807) is 0 Å². The number of hydrogen-bond donors (Lipinski definition) is 2. The van der Waals surface area contributed by atoms with Crippen molar-refractivity contribution in [2.45, 2.75) is 38.6 Å². The van der Waals surface area contributed by atoms with Gasteiger partial charge in [-0.1, -0.05) is 12.1 Å². The lowest BCUT2D eigenvalue weighted by Gasteiger charge is -2.36. The highest BCUT2D eigenvalue weighted by Crippen LogP contribution is 2.17. The lowest BCUT2D eigenvalue weighted by Crippen LogP contribution is -2.47. The summed E-state index contributed by atoms with van der Waals surface area (Å²) in [4.78, 5) is 16.9. The molecule has 0 aromatic heterocycles. The molecule has 3 rings (SSSR count). The molecular weight excluding hydrogens is 419 g/mol. The molecule has 2 heterocycles. The fourth-order valence-corrected chi connectivity index (χ4v) is 3.81. The summed E-state index contributed by atoms with van der Waals surface area (Å²) in [6.07, 6.45) is 4.01. The predicted molar refractivity (Wildman–Crippen MR) is 125 cm³/mol. The van der Waals surface area contributed by atoms with Crippen LogP contribution < -0.4 is 15.5 Å². The van der Waals surface area contributed by atoms with Crippen molar-refractivity contribution in [1.29, 1.82) is 0 Å². The minimum atomic E-state index is 0. The van der Waals surface area contributed by atoms with Crippen LogP contribution in [0.25, 0.3) is 0 Å². The van der Waals surface area contributed by atoms with E-state index in [1.807, 2.05) is 0 Å². The van der Waals surface area contributed by atoms with Gasteiger partial charge >= 0.3 is 0 Å². The first-order valence-electron chi connectivity index (χ1n) is 9.75. The molecule has 2 aliphatic heterocycles. The Morgan fingerprint density at radius 3 is 2.57 bits per heavy atom. The van der Waals surface area contributed by atoms with Crippen LogP contribution in [0.15, 0.2) is 24.3 Å². The van der Waals surface area contributed by atoms with Gasteiger partial charge < -0.3 is 15.5 Å². The molecule has 1 unspecified atom stereocenters. The molecule has 1 atom stereocenters. The molecule has 2 fully saturated rings. The van der Waals surface area contributed by atoms with Gasteiger partial charge in [0.25, 0.3) is 0 Å². The first-order valence-corrected chi connectivity index (χ1v) is 9.75. The van der Waals surface area contributed by atoms with Crippen molar-refractivity contribution < 1.29 is 4.79 Å². The Morgan fingerprint density at radius 2 is 1.93 bits per heavy atom. The minimum absolute atomic E-state index is 0. The summed E-state index contributed by atoms with van der Waals surface area (Å²) < 4.78 is 0. The van der Waals surface area contributed by atoms with Crippen molar-refractivity contribution in [2.75, 3.05) is 50.7 Å². The zero-order valence-corrected chi connectivity index (χ0v) is 19.1.